The Bertz CT molecular complexity index is 918. The van der Waals surface area contributed by atoms with Crippen molar-refractivity contribution in [3.8, 4) is 0 Å². The third-order valence-electron chi connectivity index (χ3n) is 4.31. The van der Waals surface area contributed by atoms with Crippen molar-refractivity contribution in [2.75, 3.05) is 16.6 Å². The molecule has 0 bridgehead atoms. The number of halogens is 1. The molecular formula is C18H21FN4O3S. The predicted octanol–water partition coefficient (Wildman–Crippen LogP) is 1.82. The topological polar surface area (TPSA) is 99.3 Å². The van der Waals surface area contributed by atoms with E-state index in [1.54, 1.807) is 6.07 Å². The summed E-state index contributed by atoms with van der Waals surface area (Å²) in [6.45, 7) is 2.17. The molecule has 4 N–H and O–H groups in total. The number of benzene rings is 2. The van der Waals surface area contributed by atoms with Crippen molar-refractivity contribution >= 4 is 27.3 Å². The minimum absolute atomic E-state index is 0.161. The second kappa shape index (κ2) is 8.03. The first-order valence-electron chi connectivity index (χ1n) is 8.54. The van der Waals surface area contributed by atoms with E-state index in [9.17, 15) is 17.6 Å². The Morgan fingerprint density at radius 3 is 2.63 bits per heavy atom. The molecule has 0 radical (unpaired) electrons. The maximum atomic E-state index is 13.0. The van der Waals surface area contributed by atoms with Crippen LogP contribution in [0.3, 0.4) is 0 Å². The lowest BCUT2D eigenvalue weighted by molar-refractivity contribution is -0.119. The maximum absolute atomic E-state index is 13.0. The average molecular weight is 392 g/mol. The van der Waals surface area contributed by atoms with Gasteiger partial charge in [0.25, 0.3) is 10.0 Å². The fraction of sp³-hybridized carbons (Fsp3) is 0.278. The Morgan fingerprint density at radius 1 is 1.19 bits per heavy atom. The van der Waals surface area contributed by atoms with Gasteiger partial charge in [-0.05, 0) is 48.4 Å². The minimum Gasteiger partial charge on any atom is -0.326 e. The molecule has 2 unspecified atom stereocenters. The number of sulfonamides is 1. The largest absolute Gasteiger partial charge is 0.326 e. The van der Waals surface area contributed by atoms with Crippen LogP contribution >= 0.6 is 0 Å². The molecule has 2 aromatic rings. The highest BCUT2D eigenvalue weighted by atomic mass is 32.2. The summed E-state index contributed by atoms with van der Waals surface area (Å²) in [6.07, 6.45) is 0.828. The summed E-state index contributed by atoms with van der Waals surface area (Å²) < 4.78 is 40.7. The molecule has 0 aromatic heterocycles. The van der Waals surface area contributed by atoms with Crippen LogP contribution in [0.2, 0.25) is 0 Å². The first-order chi connectivity index (χ1) is 12.9. The highest BCUT2D eigenvalue weighted by Gasteiger charge is 2.41. The lowest BCUT2D eigenvalue weighted by atomic mass is 10.1. The number of anilines is 2. The molecular weight excluding hydrogens is 371 g/mol. The summed E-state index contributed by atoms with van der Waals surface area (Å²) in [6, 6.07) is 12.4. The molecule has 2 aromatic carbocycles. The summed E-state index contributed by atoms with van der Waals surface area (Å²) in [7, 11) is -3.93. The van der Waals surface area contributed by atoms with Crippen LogP contribution in [0.4, 0.5) is 15.8 Å². The van der Waals surface area contributed by atoms with Gasteiger partial charge in [-0.15, -0.1) is 0 Å². The molecule has 1 aliphatic rings. The van der Waals surface area contributed by atoms with Gasteiger partial charge in [-0.3, -0.25) is 14.9 Å². The second-order valence-electron chi connectivity index (χ2n) is 6.25. The molecule has 9 heteroatoms. The highest BCUT2D eigenvalue weighted by Crippen LogP contribution is 2.20. The van der Waals surface area contributed by atoms with Gasteiger partial charge in [0.1, 0.15) is 5.82 Å². The smallest absolute Gasteiger partial charge is 0.250 e. The van der Waals surface area contributed by atoms with Crippen LogP contribution in [-0.2, 0) is 21.2 Å². The zero-order valence-electron chi connectivity index (χ0n) is 14.7. The van der Waals surface area contributed by atoms with Gasteiger partial charge in [0.2, 0.25) is 5.91 Å². The molecule has 0 spiro atoms. The first kappa shape index (κ1) is 19.3. The summed E-state index contributed by atoms with van der Waals surface area (Å²) in [5, 5.41) is 1.60. The molecule has 0 aliphatic carbocycles. The van der Waals surface area contributed by atoms with E-state index in [4.69, 9.17) is 0 Å². The van der Waals surface area contributed by atoms with Gasteiger partial charge in [0, 0.05) is 17.9 Å². The van der Waals surface area contributed by atoms with Crippen LogP contribution in [0, 0.1) is 11.7 Å². The molecule has 1 aliphatic heterocycles. The third kappa shape index (κ3) is 4.62. The van der Waals surface area contributed by atoms with Gasteiger partial charge < -0.3 is 5.32 Å². The molecule has 1 amide bonds. The van der Waals surface area contributed by atoms with Crippen molar-refractivity contribution in [1.29, 1.82) is 0 Å². The van der Waals surface area contributed by atoms with Gasteiger partial charge in [-0.2, -0.15) is 0 Å². The standard InChI is InChI=1S/C18H21FN4O3S/c1-2-12-4-3-5-15(10-12)21-17(24)16-11-20-22-18(16)27(25,26)23-14-8-6-13(19)7-9-14/h3-10,16,18,20,22-23H,2,11H2,1H3,(H,21,24). The molecule has 2 atom stereocenters. The van der Waals surface area contributed by atoms with Gasteiger partial charge in [0.15, 0.2) is 5.37 Å². The summed E-state index contributed by atoms with van der Waals surface area (Å²) in [4.78, 5) is 12.6. The first-order valence-corrected chi connectivity index (χ1v) is 10.1. The normalized spacial score (nSPS) is 19.6. The number of carbonyl (C=O) groups excluding carboxylic acids is 1. The van der Waals surface area contributed by atoms with E-state index in [0.29, 0.717) is 5.69 Å². The maximum Gasteiger partial charge on any atom is 0.250 e. The Kier molecular flexibility index (Phi) is 5.73. The SMILES string of the molecule is CCc1cccc(NC(=O)C2CNNC2S(=O)(=O)Nc2ccc(F)cc2)c1. The number of hydrazine groups is 1. The summed E-state index contributed by atoms with van der Waals surface area (Å²) in [5.74, 6) is -1.71. The van der Waals surface area contributed by atoms with Crippen molar-refractivity contribution < 1.29 is 17.6 Å². The summed E-state index contributed by atoms with van der Waals surface area (Å²) >= 11 is 0. The summed E-state index contributed by atoms with van der Waals surface area (Å²) in [5.41, 5.74) is 7.26. The van der Waals surface area contributed by atoms with E-state index in [0.717, 1.165) is 24.1 Å². The van der Waals surface area contributed by atoms with Crippen LogP contribution in [0.5, 0.6) is 0 Å². The number of carbonyl (C=O) groups is 1. The predicted molar refractivity (Wildman–Crippen MR) is 102 cm³/mol. The fourth-order valence-corrected chi connectivity index (χ4v) is 4.33. The number of hydrogen-bond donors (Lipinski definition) is 4. The van der Waals surface area contributed by atoms with Crippen molar-refractivity contribution in [1.82, 2.24) is 10.9 Å². The fourth-order valence-electron chi connectivity index (χ4n) is 2.85. The van der Waals surface area contributed by atoms with Gasteiger partial charge in [0.05, 0.1) is 5.92 Å². The van der Waals surface area contributed by atoms with Crippen molar-refractivity contribution in [3.63, 3.8) is 0 Å². The zero-order valence-corrected chi connectivity index (χ0v) is 15.5. The Hall–Kier alpha value is -2.49. The number of nitrogens with one attached hydrogen (secondary N) is 4. The van der Waals surface area contributed by atoms with E-state index in [1.807, 2.05) is 25.1 Å². The number of aryl methyl sites for hydroxylation is 1. The molecule has 1 fully saturated rings. The molecule has 7 nitrogen and oxygen atoms in total. The van der Waals surface area contributed by atoms with Crippen LogP contribution in [0.15, 0.2) is 48.5 Å². The molecule has 1 heterocycles. The van der Waals surface area contributed by atoms with Crippen molar-refractivity contribution in [2.45, 2.75) is 18.7 Å². The minimum atomic E-state index is -3.93. The molecule has 144 valence electrons. The van der Waals surface area contributed by atoms with E-state index in [1.165, 1.54) is 12.1 Å². The third-order valence-corrected chi connectivity index (χ3v) is 5.95. The Labute approximate surface area is 157 Å². The molecule has 1 saturated heterocycles. The number of rotatable bonds is 6. The van der Waals surface area contributed by atoms with Crippen molar-refractivity contribution in [3.05, 3.63) is 59.9 Å². The van der Waals surface area contributed by atoms with E-state index in [-0.39, 0.29) is 12.2 Å². The molecule has 27 heavy (non-hydrogen) atoms. The number of hydrogen-bond acceptors (Lipinski definition) is 5. The quantitative estimate of drug-likeness (QED) is 0.601. The van der Waals surface area contributed by atoms with Gasteiger partial charge in [-0.25, -0.2) is 18.2 Å². The molecule has 3 rings (SSSR count). The van der Waals surface area contributed by atoms with Crippen LogP contribution in [0.25, 0.3) is 0 Å². The zero-order chi connectivity index (χ0) is 19.4. The van der Waals surface area contributed by atoms with Crippen molar-refractivity contribution in [2.24, 2.45) is 5.92 Å². The van der Waals surface area contributed by atoms with Gasteiger partial charge in [-0.1, -0.05) is 19.1 Å². The average Bonchev–Trinajstić information content (AvgIpc) is 3.15. The van der Waals surface area contributed by atoms with Crippen LogP contribution < -0.4 is 20.9 Å². The molecule has 0 saturated carbocycles. The monoisotopic (exact) mass is 392 g/mol. The van der Waals surface area contributed by atoms with Gasteiger partial charge >= 0.3 is 0 Å². The number of amides is 1. The van der Waals surface area contributed by atoms with Crippen LogP contribution in [-0.4, -0.2) is 26.2 Å². The Balaban J connectivity index is 1.73. The Morgan fingerprint density at radius 2 is 1.93 bits per heavy atom. The van der Waals surface area contributed by atoms with Crippen LogP contribution in [0.1, 0.15) is 12.5 Å². The van der Waals surface area contributed by atoms with E-state index in [2.05, 4.69) is 20.9 Å². The lowest BCUT2D eigenvalue weighted by Crippen LogP contribution is -2.45. The highest BCUT2D eigenvalue weighted by molar-refractivity contribution is 7.93. The lowest BCUT2D eigenvalue weighted by Gasteiger charge is -2.19. The van der Waals surface area contributed by atoms with E-state index >= 15 is 0 Å². The van der Waals surface area contributed by atoms with E-state index < -0.39 is 33.0 Å². The second-order valence-corrected chi connectivity index (χ2v) is 8.05.